The van der Waals surface area contributed by atoms with Gasteiger partial charge in [-0.2, -0.15) is 10.2 Å². The van der Waals surface area contributed by atoms with Gasteiger partial charge in [0.15, 0.2) is 11.5 Å². The zero-order valence-corrected chi connectivity index (χ0v) is 15.4. The lowest BCUT2D eigenvalue weighted by Gasteiger charge is -1.97. The molecule has 0 atom stereocenters. The van der Waals surface area contributed by atoms with Crippen LogP contribution in [0, 0.1) is 0 Å². The van der Waals surface area contributed by atoms with Gasteiger partial charge in [-0.05, 0) is 31.2 Å². The molecular weight excluding hydrogens is 372 g/mol. The summed E-state index contributed by atoms with van der Waals surface area (Å²) >= 11 is 0. The van der Waals surface area contributed by atoms with E-state index in [1.54, 1.807) is 31.2 Å². The van der Waals surface area contributed by atoms with E-state index in [0.717, 1.165) is 10.8 Å². The van der Waals surface area contributed by atoms with Crippen molar-refractivity contribution in [2.45, 2.75) is 6.92 Å². The molecule has 0 fully saturated rings. The van der Waals surface area contributed by atoms with Crippen molar-refractivity contribution >= 4 is 45.7 Å². The molecule has 0 saturated carbocycles. The fraction of sp³-hybridized carbons (Fsp3) is 0.0476. The van der Waals surface area contributed by atoms with Crippen molar-refractivity contribution in [1.29, 1.82) is 0 Å². The molecule has 0 aliphatic heterocycles. The minimum absolute atomic E-state index is 0.149. The largest absolute Gasteiger partial charge is 0.451 e. The molecule has 4 rings (SSSR count). The lowest BCUT2D eigenvalue weighted by atomic mass is 10.2. The predicted octanol–water partition coefficient (Wildman–Crippen LogP) is 3.70. The van der Waals surface area contributed by atoms with Crippen molar-refractivity contribution in [2.75, 3.05) is 0 Å². The molecule has 2 N–H and O–H groups in total. The van der Waals surface area contributed by atoms with Gasteiger partial charge in [0.2, 0.25) is 0 Å². The van der Waals surface area contributed by atoms with E-state index in [1.165, 1.54) is 6.21 Å². The molecule has 0 aliphatic carbocycles. The Morgan fingerprint density at radius 1 is 0.828 bits per heavy atom. The monoisotopic (exact) mass is 388 g/mol. The number of fused-ring (bicyclic) bond motifs is 2. The molecule has 2 aromatic heterocycles. The number of nitrogens with zero attached hydrogens (tertiary/aromatic N) is 2. The fourth-order valence-corrected chi connectivity index (χ4v) is 2.65. The van der Waals surface area contributed by atoms with E-state index in [4.69, 9.17) is 8.83 Å². The summed E-state index contributed by atoms with van der Waals surface area (Å²) in [6.07, 6.45) is 1.31. The van der Waals surface area contributed by atoms with Gasteiger partial charge in [0.1, 0.15) is 11.2 Å². The molecule has 0 saturated heterocycles. The summed E-state index contributed by atoms with van der Waals surface area (Å²) in [6, 6.07) is 17.9. The molecule has 8 heteroatoms. The molecule has 8 nitrogen and oxygen atoms in total. The van der Waals surface area contributed by atoms with Gasteiger partial charge in [0.25, 0.3) is 0 Å². The number of hydrazone groups is 2. The molecule has 0 unspecified atom stereocenters. The van der Waals surface area contributed by atoms with Crippen molar-refractivity contribution in [3.8, 4) is 0 Å². The SMILES string of the molecule is CC(/C=N\NC(=O)c1cc2ccccc2o1)=N/NC(=O)c1cc2ccccc2o1. The highest BCUT2D eigenvalue weighted by atomic mass is 16.4. The van der Waals surface area contributed by atoms with Gasteiger partial charge < -0.3 is 8.83 Å². The van der Waals surface area contributed by atoms with E-state index in [0.29, 0.717) is 16.9 Å². The zero-order valence-electron chi connectivity index (χ0n) is 15.4. The van der Waals surface area contributed by atoms with Crippen molar-refractivity contribution in [2.24, 2.45) is 10.2 Å². The topological polar surface area (TPSA) is 109 Å². The number of benzene rings is 2. The zero-order chi connectivity index (χ0) is 20.2. The first-order valence-corrected chi connectivity index (χ1v) is 8.75. The first kappa shape index (κ1) is 18.2. The van der Waals surface area contributed by atoms with Gasteiger partial charge in [-0.25, -0.2) is 10.9 Å². The number of carbonyl (C=O) groups is 2. The minimum atomic E-state index is -0.489. The maximum absolute atomic E-state index is 12.1. The smallest absolute Gasteiger partial charge is 0.307 e. The van der Waals surface area contributed by atoms with Gasteiger partial charge in [-0.15, -0.1) is 0 Å². The van der Waals surface area contributed by atoms with Crippen LogP contribution in [-0.4, -0.2) is 23.7 Å². The maximum Gasteiger partial charge on any atom is 0.307 e. The van der Waals surface area contributed by atoms with Crippen molar-refractivity contribution in [1.82, 2.24) is 10.9 Å². The summed E-state index contributed by atoms with van der Waals surface area (Å²) < 4.78 is 10.9. The summed E-state index contributed by atoms with van der Waals surface area (Å²) in [7, 11) is 0. The number of carbonyl (C=O) groups excluding carboxylic acids is 2. The van der Waals surface area contributed by atoms with Crippen LogP contribution in [0.5, 0.6) is 0 Å². The molecule has 2 amide bonds. The molecule has 0 spiro atoms. The number of amides is 2. The fourth-order valence-electron chi connectivity index (χ4n) is 2.65. The van der Waals surface area contributed by atoms with Gasteiger partial charge in [0.05, 0.1) is 11.9 Å². The summed E-state index contributed by atoms with van der Waals surface area (Å²) in [5, 5.41) is 9.37. The van der Waals surface area contributed by atoms with Crippen LogP contribution in [0.2, 0.25) is 0 Å². The third kappa shape index (κ3) is 4.06. The summed E-state index contributed by atoms with van der Waals surface area (Å²) in [5.41, 5.74) is 6.34. The lowest BCUT2D eigenvalue weighted by molar-refractivity contribution is 0.0922. The molecule has 0 aliphatic rings. The van der Waals surface area contributed by atoms with Crippen molar-refractivity contribution in [3.05, 3.63) is 72.2 Å². The quantitative estimate of drug-likeness (QED) is 0.401. The third-order valence-corrected chi connectivity index (χ3v) is 4.05. The Labute approximate surface area is 164 Å². The third-order valence-electron chi connectivity index (χ3n) is 4.05. The number of hydrogen-bond acceptors (Lipinski definition) is 6. The summed E-state index contributed by atoms with van der Waals surface area (Å²) in [6.45, 7) is 1.62. The number of para-hydroxylation sites is 2. The Hall–Kier alpha value is -4.20. The highest BCUT2D eigenvalue weighted by Crippen LogP contribution is 2.19. The normalized spacial score (nSPS) is 12.0. The molecule has 0 radical (unpaired) electrons. The van der Waals surface area contributed by atoms with Crippen LogP contribution >= 0.6 is 0 Å². The average Bonchev–Trinajstić information content (AvgIpc) is 3.36. The number of rotatable bonds is 5. The Morgan fingerprint density at radius 2 is 1.34 bits per heavy atom. The Balaban J connectivity index is 1.34. The van der Waals surface area contributed by atoms with Crippen LogP contribution in [0.25, 0.3) is 21.9 Å². The first-order chi connectivity index (χ1) is 14.1. The van der Waals surface area contributed by atoms with Crippen LogP contribution in [-0.2, 0) is 0 Å². The van der Waals surface area contributed by atoms with Crippen molar-refractivity contribution < 1.29 is 18.4 Å². The second-order valence-electron chi connectivity index (χ2n) is 6.19. The maximum atomic E-state index is 12.1. The van der Waals surface area contributed by atoms with E-state index < -0.39 is 11.8 Å². The number of nitrogens with one attached hydrogen (secondary N) is 2. The van der Waals surface area contributed by atoms with Crippen LogP contribution in [0.4, 0.5) is 0 Å². The van der Waals surface area contributed by atoms with E-state index in [9.17, 15) is 9.59 Å². The van der Waals surface area contributed by atoms with E-state index in [1.807, 2.05) is 36.4 Å². The summed E-state index contributed by atoms with van der Waals surface area (Å²) in [5.74, 6) is -0.675. The second kappa shape index (κ2) is 7.81. The number of furan rings is 2. The highest BCUT2D eigenvalue weighted by Gasteiger charge is 2.12. The number of hydrogen-bond donors (Lipinski definition) is 2. The summed E-state index contributed by atoms with van der Waals surface area (Å²) in [4.78, 5) is 24.2. The van der Waals surface area contributed by atoms with Crippen LogP contribution in [0.1, 0.15) is 28.0 Å². The Bertz CT molecular complexity index is 1200. The van der Waals surface area contributed by atoms with E-state index in [-0.39, 0.29) is 11.5 Å². The molecule has 4 aromatic rings. The van der Waals surface area contributed by atoms with Gasteiger partial charge >= 0.3 is 11.8 Å². The predicted molar refractivity (Wildman–Crippen MR) is 109 cm³/mol. The van der Waals surface area contributed by atoms with Crippen LogP contribution in [0.15, 0.2) is 79.7 Å². The van der Waals surface area contributed by atoms with Gasteiger partial charge in [-0.1, -0.05) is 36.4 Å². The van der Waals surface area contributed by atoms with E-state index >= 15 is 0 Å². The van der Waals surface area contributed by atoms with Crippen LogP contribution < -0.4 is 10.9 Å². The Morgan fingerprint density at radius 3 is 1.90 bits per heavy atom. The van der Waals surface area contributed by atoms with Gasteiger partial charge in [-0.3, -0.25) is 9.59 Å². The molecule has 2 heterocycles. The van der Waals surface area contributed by atoms with Crippen molar-refractivity contribution in [3.63, 3.8) is 0 Å². The second-order valence-corrected chi connectivity index (χ2v) is 6.19. The molecule has 29 heavy (non-hydrogen) atoms. The molecule has 0 bridgehead atoms. The van der Waals surface area contributed by atoms with Gasteiger partial charge in [0, 0.05) is 10.8 Å². The average molecular weight is 388 g/mol. The van der Waals surface area contributed by atoms with Crippen LogP contribution in [0.3, 0.4) is 0 Å². The first-order valence-electron chi connectivity index (χ1n) is 8.75. The molecule has 2 aromatic carbocycles. The standard InChI is InChI=1S/C21H16N4O4/c1-13(23-25-21(27)19-11-15-7-3-5-9-17(15)29-19)12-22-24-20(26)18-10-14-6-2-4-8-16(14)28-18/h2-12H,1H3,(H,24,26)(H,25,27)/b22-12-,23-13-. The highest BCUT2D eigenvalue weighted by molar-refractivity contribution is 6.29. The molecular formula is C21H16N4O4. The Kier molecular flexibility index (Phi) is 4.90. The lowest BCUT2D eigenvalue weighted by Crippen LogP contribution is -2.20. The minimum Gasteiger partial charge on any atom is -0.451 e. The molecule has 144 valence electrons. The van der Waals surface area contributed by atoms with E-state index in [2.05, 4.69) is 21.1 Å².